The van der Waals surface area contributed by atoms with Crippen molar-refractivity contribution >= 4 is 39.2 Å². The van der Waals surface area contributed by atoms with Gasteiger partial charge < -0.3 is 9.47 Å². The summed E-state index contributed by atoms with van der Waals surface area (Å²) in [7, 11) is 3.18. The molecule has 0 spiro atoms. The summed E-state index contributed by atoms with van der Waals surface area (Å²) < 4.78 is 10.6. The molecule has 0 aliphatic rings. The van der Waals surface area contributed by atoms with Crippen molar-refractivity contribution in [3.63, 3.8) is 0 Å². The number of thiazole rings is 1. The van der Waals surface area contributed by atoms with E-state index in [0.29, 0.717) is 16.6 Å². The molecule has 150 valence electrons. The number of methoxy groups -OCH3 is 2. The first kappa shape index (κ1) is 19.7. The van der Waals surface area contributed by atoms with Crippen molar-refractivity contribution in [1.29, 1.82) is 0 Å². The topological polar surface area (TPSA) is 60.5 Å². The predicted octanol–water partition coefficient (Wildman–Crippen LogP) is 5.63. The fourth-order valence-electron chi connectivity index (χ4n) is 3.09. The van der Waals surface area contributed by atoms with Crippen LogP contribution in [-0.2, 0) is 4.79 Å². The van der Waals surface area contributed by atoms with Crippen LogP contribution in [0.3, 0.4) is 0 Å². The summed E-state index contributed by atoms with van der Waals surface area (Å²) in [6.45, 7) is 0. The minimum Gasteiger partial charge on any atom is -0.497 e. The van der Waals surface area contributed by atoms with Crippen LogP contribution < -0.4 is 14.8 Å². The van der Waals surface area contributed by atoms with Crippen molar-refractivity contribution in [2.24, 2.45) is 0 Å². The summed E-state index contributed by atoms with van der Waals surface area (Å²) in [4.78, 5) is 16.9. The average molecular weight is 417 g/mol. The Balaban J connectivity index is 1.48. The number of rotatable bonds is 6. The second kappa shape index (κ2) is 8.80. The van der Waals surface area contributed by atoms with Gasteiger partial charge in [-0.3, -0.25) is 10.1 Å². The number of nitrogens with one attached hydrogen (secondary N) is 1. The zero-order valence-corrected chi connectivity index (χ0v) is 17.4. The number of carbonyl (C=O) groups excluding carboxylic acids is 1. The van der Waals surface area contributed by atoms with Gasteiger partial charge in [-0.2, -0.15) is 0 Å². The molecule has 4 aromatic rings. The van der Waals surface area contributed by atoms with Gasteiger partial charge in [0.2, 0.25) is 5.91 Å². The lowest BCUT2D eigenvalue weighted by Gasteiger charge is -2.07. The van der Waals surface area contributed by atoms with Crippen LogP contribution in [0.2, 0.25) is 0 Å². The van der Waals surface area contributed by atoms with Crippen molar-refractivity contribution in [1.82, 2.24) is 4.98 Å². The molecule has 1 amide bonds. The van der Waals surface area contributed by atoms with Crippen LogP contribution in [0, 0.1) is 0 Å². The summed E-state index contributed by atoms with van der Waals surface area (Å²) in [5.74, 6) is 1.09. The van der Waals surface area contributed by atoms with Crippen LogP contribution in [-0.4, -0.2) is 25.1 Å². The third kappa shape index (κ3) is 4.34. The molecule has 5 nitrogen and oxygen atoms in total. The fraction of sp³-hybridized carbons (Fsp3) is 0.0833. The van der Waals surface area contributed by atoms with Crippen molar-refractivity contribution in [2.75, 3.05) is 19.5 Å². The molecule has 0 aliphatic heterocycles. The average Bonchev–Trinajstić information content (AvgIpc) is 3.25. The van der Waals surface area contributed by atoms with Crippen molar-refractivity contribution < 1.29 is 14.3 Å². The molecule has 1 N–H and O–H groups in total. The number of fused-ring (bicyclic) bond motifs is 1. The van der Waals surface area contributed by atoms with E-state index < -0.39 is 0 Å². The monoisotopic (exact) mass is 416 g/mol. The van der Waals surface area contributed by atoms with Gasteiger partial charge in [-0.05, 0) is 41.1 Å². The highest BCUT2D eigenvalue weighted by Gasteiger charge is 2.08. The second-order valence-corrected chi connectivity index (χ2v) is 7.39. The molecule has 1 aromatic heterocycles. The summed E-state index contributed by atoms with van der Waals surface area (Å²) in [6, 6.07) is 19.8. The Labute approximate surface area is 178 Å². The number of carbonyl (C=O) groups is 1. The van der Waals surface area contributed by atoms with E-state index in [0.717, 1.165) is 22.2 Å². The van der Waals surface area contributed by atoms with Gasteiger partial charge in [-0.1, -0.05) is 36.4 Å². The zero-order chi connectivity index (χ0) is 20.9. The standard InChI is InChI=1S/C24H20N2O3S/c1-28-20-10-11-22(29-2)19(14-20)9-12-23(27)26-24-25-21(15-30-24)18-8-7-16-5-3-4-6-17(16)13-18/h3-15H,1-2H3,(H,25,26,27)/b12-9+. The molecule has 0 fully saturated rings. The molecule has 0 aliphatic carbocycles. The highest BCUT2D eigenvalue weighted by atomic mass is 32.1. The number of ether oxygens (including phenoxy) is 2. The third-order valence-corrected chi connectivity index (χ3v) is 5.39. The molecule has 1 heterocycles. The summed E-state index contributed by atoms with van der Waals surface area (Å²) in [5.41, 5.74) is 2.60. The first-order valence-corrected chi connectivity index (χ1v) is 10.2. The van der Waals surface area contributed by atoms with Gasteiger partial charge in [0.15, 0.2) is 5.13 Å². The summed E-state index contributed by atoms with van der Waals surface area (Å²) in [6.07, 6.45) is 3.14. The highest BCUT2D eigenvalue weighted by Crippen LogP contribution is 2.28. The zero-order valence-electron chi connectivity index (χ0n) is 16.6. The van der Waals surface area contributed by atoms with Gasteiger partial charge in [-0.25, -0.2) is 4.98 Å². The second-order valence-electron chi connectivity index (χ2n) is 6.53. The molecule has 0 bridgehead atoms. The quantitative estimate of drug-likeness (QED) is 0.414. The van der Waals surface area contributed by atoms with Gasteiger partial charge in [0, 0.05) is 22.6 Å². The molecule has 3 aromatic carbocycles. The van der Waals surface area contributed by atoms with Crippen LogP contribution in [0.4, 0.5) is 5.13 Å². The largest absolute Gasteiger partial charge is 0.497 e. The van der Waals surface area contributed by atoms with Crippen molar-refractivity contribution in [3.8, 4) is 22.8 Å². The Hall–Kier alpha value is -3.64. The van der Waals surface area contributed by atoms with E-state index in [1.165, 1.54) is 22.8 Å². The minimum absolute atomic E-state index is 0.265. The molecule has 0 atom stereocenters. The number of benzene rings is 3. The number of anilines is 1. The van der Waals surface area contributed by atoms with E-state index in [1.807, 2.05) is 29.6 Å². The van der Waals surface area contributed by atoms with Crippen LogP contribution in [0.25, 0.3) is 28.1 Å². The van der Waals surface area contributed by atoms with E-state index in [9.17, 15) is 4.79 Å². The minimum atomic E-state index is -0.265. The van der Waals surface area contributed by atoms with Gasteiger partial charge >= 0.3 is 0 Å². The smallest absolute Gasteiger partial charge is 0.250 e. The van der Waals surface area contributed by atoms with E-state index in [1.54, 1.807) is 32.4 Å². The number of hydrogen-bond acceptors (Lipinski definition) is 5. The molecule has 30 heavy (non-hydrogen) atoms. The number of aromatic nitrogens is 1. The van der Waals surface area contributed by atoms with Crippen molar-refractivity contribution in [3.05, 3.63) is 77.7 Å². The molecular weight excluding hydrogens is 396 g/mol. The number of nitrogens with zero attached hydrogens (tertiary/aromatic N) is 1. The Bertz CT molecular complexity index is 1230. The van der Waals surface area contributed by atoms with Crippen molar-refractivity contribution in [2.45, 2.75) is 0 Å². The predicted molar refractivity (Wildman–Crippen MR) is 122 cm³/mol. The van der Waals surface area contributed by atoms with E-state index in [4.69, 9.17) is 9.47 Å². The summed E-state index contributed by atoms with van der Waals surface area (Å²) >= 11 is 1.39. The number of hydrogen-bond donors (Lipinski definition) is 1. The Morgan fingerprint density at radius 1 is 1.00 bits per heavy atom. The van der Waals surface area contributed by atoms with Gasteiger partial charge in [-0.15, -0.1) is 11.3 Å². The Morgan fingerprint density at radius 2 is 1.83 bits per heavy atom. The van der Waals surface area contributed by atoms with Crippen LogP contribution in [0.1, 0.15) is 5.56 Å². The first-order chi connectivity index (χ1) is 14.7. The SMILES string of the molecule is COc1ccc(OC)c(/C=C/C(=O)Nc2nc(-c3ccc4ccccc4c3)cs2)c1. The Kier molecular flexibility index (Phi) is 5.77. The lowest BCUT2D eigenvalue weighted by molar-refractivity contribution is -0.111. The number of amides is 1. The third-order valence-electron chi connectivity index (χ3n) is 4.63. The lowest BCUT2D eigenvalue weighted by Crippen LogP contribution is -2.07. The fourth-order valence-corrected chi connectivity index (χ4v) is 3.82. The normalized spacial score (nSPS) is 11.0. The molecule has 0 radical (unpaired) electrons. The van der Waals surface area contributed by atoms with E-state index in [-0.39, 0.29) is 5.91 Å². The van der Waals surface area contributed by atoms with Gasteiger partial charge in [0.25, 0.3) is 0 Å². The highest BCUT2D eigenvalue weighted by molar-refractivity contribution is 7.14. The Morgan fingerprint density at radius 3 is 2.63 bits per heavy atom. The summed E-state index contributed by atoms with van der Waals surface area (Å²) in [5, 5.41) is 7.64. The van der Waals surface area contributed by atoms with E-state index >= 15 is 0 Å². The van der Waals surface area contributed by atoms with E-state index in [2.05, 4.69) is 34.6 Å². The molecule has 0 unspecified atom stereocenters. The van der Waals surface area contributed by atoms with Gasteiger partial charge in [0.05, 0.1) is 19.9 Å². The van der Waals surface area contributed by atoms with Crippen LogP contribution in [0.15, 0.2) is 72.1 Å². The molecule has 0 saturated carbocycles. The first-order valence-electron chi connectivity index (χ1n) is 9.32. The van der Waals surface area contributed by atoms with Crippen LogP contribution >= 0.6 is 11.3 Å². The maximum atomic E-state index is 12.4. The molecule has 6 heteroatoms. The maximum Gasteiger partial charge on any atom is 0.250 e. The van der Waals surface area contributed by atoms with Crippen LogP contribution in [0.5, 0.6) is 11.5 Å². The lowest BCUT2D eigenvalue weighted by atomic mass is 10.1. The molecule has 0 saturated heterocycles. The molecular formula is C24H20N2O3S. The maximum absolute atomic E-state index is 12.4. The molecule has 4 rings (SSSR count). The van der Waals surface area contributed by atoms with Gasteiger partial charge in [0.1, 0.15) is 11.5 Å².